The summed E-state index contributed by atoms with van der Waals surface area (Å²) >= 11 is 4.97. The molecule has 4 amide bonds. The van der Waals surface area contributed by atoms with E-state index in [4.69, 9.17) is 39.3 Å². The molecule has 7 heterocycles. The minimum absolute atomic E-state index is 0. The molecule has 0 radical (unpaired) electrons. The number of hydrogen-bond acceptors (Lipinski definition) is 22. The highest BCUT2D eigenvalue weighted by molar-refractivity contribution is 6.61. The molecule has 2 atom stereocenters. The molecule has 96 heavy (non-hydrogen) atoms. The predicted octanol–water partition coefficient (Wildman–Crippen LogP) is 9.14. The predicted molar refractivity (Wildman–Crippen MR) is 361 cm³/mol. The van der Waals surface area contributed by atoms with E-state index in [2.05, 4.69) is 55.2 Å². The second-order valence-corrected chi connectivity index (χ2v) is 21.6. The molecule has 494 valence electrons. The summed E-state index contributed by atoms with van der Waals surface area (Å²) in [5.74, 6) is 0.705. The fraction of sp³-hybridized carbons (Fsp3) is 0.194. The number of anilines is 6. The summed E-state index contributed by atoms with van der Waals surface area (Å²) in [7, 11) is 0. The number of nitrogens with zero attached hydrogens (tertiary/aromatic N) is 12. The molecular formula is C67H69ClN18O10. The normalized spacial score (nSPS) is 13.5. The van der Waals surface area contributed by atoms with Crippen molar-refractivity contribution in [3.63, 3.8) is 0 Å². The Balaban J connectivity index is 0.000000221. The van der Waals surface area contributed by atoms with Gasteiger partial charge in [0.2, 0.25) is 41.3 Å². The third-order valence-corrected chi connectivity index (χ3v) is 14.4. The number of carbonyl (C=O) groups is 6. The Morgan fingerprint density at radius 1 is 0.531 bits per heavy atom. The molecule has 0 saturated carbocycles. The number of halogens is 1. The molecule has 0 bridgehead atoms. The Morgan fingerprint density at radius 2 is 1.00 bits per heavy atom. The van der Waals surface area contributed by atoms with Gasteiger partial charge in [-0.25, -0.2) is 49.5 Å². The first kappa shape index (κ1) is 69.6. The fourth-order valence-corrected chi connectivity index (χ4v) is 9.73. The zero-order valence-corrected chi connectivity index (χ0v) is 52.4. The number of nitrogen functional groups attached to an aromatic ring is 4. The lowest BCUT2D eigenvalue weighted by Gasteiger charge is -2.24. The molecular weight excluding hydrogens is 1250 g/mol. The number of Topliss-reactive ketones (excluding diaryl/α,β-unsaturated/α-hetero) is 1. The van der Waals surface area contributed by atoms with Gasteiger partial charge in [0.1, 0.15) is 31.6 Å². The first-order valence-electron chi connectivity index (χ1n) is 29.8. The van der Waals surface area contributed by atoms with Crippen LogP contribution in [0.2, 0.25) is 0 Å². The fourth-order valence-electron chi connectivity index (χ4n) is 9.68. The number of ether oxygens (including phenoxy) is 2. The van der Waals surface area contributed by atoms with Crippen molar-refractivity contribution in [2.45, 2.75) is 70.2 Å². The van der Waals surface area contributed by atoms with Crippen LogP contribution in [-0.4, -0.2) is 119 Å². The van der Waals surface area contributed by atoms with E-state index in [-0.39, 0.29) is 74.5 Å². The quantitative estimate of drug-likeness (QED) is 0.0298. The second kappa shape index (κ2) is 35.5. The number of fused-ring (bicyclic) bond motifs is 1. The Kier molecular flexibility index (Phi) is 25.7. The van der Waals surface area contributed by atoms with Crippen molar-refractivity contribution in [2.24, 2.45) is 0 Å². The average molecular weight is 1320 g/mol. The number of imidazole rings is 1. The average Bonchev–Trinajstić information content (AvgIpc) is 1.73. The van der Waals surface area contributed by atoms with E-state index in [9.17, 15) is 38.9 Å². The van der Waals surface area contributed by atoms with Gasteiger partial charge in [-0.3, -0.25) is 39.0 Å². The maximum absolute atomic E-state index is 13.4. The van der Waals surface area contributed by atoms with Gasteiger partial charge in [0.25, 0.3) is 0 Å². The highest BCUT2D eigenvalue weighted by Crippen LogP contribution is 2.26. The van der Waals surface area contributed by atoms with Crippen LogP contribution in [0.4, 0.5) is 50.2 Å². The number of hydrogen-bond donors (Lipinski definition) is 6. The first-order valence-corrected chi connectivity index (χ1v) is 30.2. The number of carbonyl (C=O) groups excluding carboxylic acids is 6. The summed E-state index contributed by atoms with van der Waals surface area (Å²) in [6, 6.07) is 44.5. The lowest BCUT2D eigenvalue weighted by Crippen LogP contribution is -2.43. The van der Waals surface area contributed by atoms with Crippen LogP contribution in [0, 0.1) is 10.1 Å². The van der Waals surface area contributed by atoms with Crippen LogP contribution in [0.1, 0.15) is 54.9 Å². The summed E-state index contributed by atoms with van der Waals surface area (Å²) in [5, 5.41) is 15.5. The lowest BCUT2D eigenvalue weighted by molar-refractivity contribution is -0.385. The Bertz CT molecular complexity index is 4160. The maximum atomic E-state index is 13.4. The molecule has 2 fully saturated rings. The number of amides is 4. The van der Waals surface area contributed by atoms with Gasteiger partial charge >= 0.3 is 17.2 Å². The lowest BCUT2D eigenvalue weighted by atomic mass is 10.0. The molecule has 2 saturated heterocycles. The second-order valence-electron chi connectivity index (χ2n) is 21.3. The monoisotopic (exact) mass is 1320 g/mol. The Morgan fingerprint density at radius 3 is 1.50 bits per heavy atom. The first-order chi connectivity index (χ1) is 46.4. The number of aromatic nitrogens is 9. The van der Waals surface area contributed by atoms with Crippen molar-refractivity contribution in [3.8, 4) is 11.3 Å². The van der Waals surface area contributed by atoms with Gasteiger partial charge in [0, 0.05) is 62.4 Å². The number of nitrogens with two attached hydrogens (primary N) is 4. The molecule has 2 aliphatic heterocycles. The van der Waals surface area contributed by atoms with Crippen molar-refractivity contribution in [1.29, 1.82) is 0 Å². The van der Waals surface area contributed by atoms with Crippen molar-refractivity contribution in [3.05, 3.63) is 239 Å². The minimum Gasteiger partial charge on any atom is -0.449 e. The van der Waals surface area contributed by atoms with Crippen molar-refractivity contribution in [1.82, 2.24) is 54.1 Å². The topological polar surface area (TPSA) is 406 Å². The highest BCUT2D eigenvalue weighted by atomic mass is 35.5. The maximum Gasteiger partial charge on any atom is 0.412 e. The summed E-state index contributed by atoms with van der Waals surface area (Å²) < 4.78 is 11.4. The molecule has 0 spiro atoms. The van der Waals surface area contributed by atoms with E-state index >= 15 is 0 Å². The van der Waals surface area contributed by atoms with Crippen molar-refractivity contribution < 1.29 is 44.6 Å². The van der Waals surface area contributed by atoms with Gasteiger partial charge in [-0.2, -0.15) is 0 Å². The molecule has 29 heteroatoms. The number of benzene rings is 5. The van der Waals surface area contributed by atoms with Gasteiger partial charge in [0.15, 0.2) is 5.78 Å². The number of rotatable bonds is 16. The molecule has 5 aromatic heterocycles. The van der Waals surface area contributed by atoms with Crippen LogP contribution in [0.5, 0.6) is 0 Å². The number of ketones is 1. The molecule has 10 N–H and O–H groups in total. The molecule has 5 aromatic carbocycles. The van der Waals surface area contributed by atoms with Crippen LogP contribution in [0.25, 0.3) is 17.0 Å². The third-order valence-electron chi connectivity index (χ3n) is 14.3. The van der Waals surface area contributed by atoms with Crippen LogP contribution in [0.15, 0.2) is 201 Å². The highest BCUT2D eigenvalue weighted by Gasteiger charge is 2.35. The van der Waals surface area contributed by atoms with Crippen LogP contribution in [-0.2, 0) is 61.1 Å². The van der Waals surface area contributed by atoms with E-state index in [1.165, 1.54) is 24.8 Å². The Hall–Kier alpha value is -12.3. The van der Waals surface area contributed by atoms with E-state index in [1.54, 1.807) is 16.0 Å². The summed E-state index contributed by atoms with van der Waals surface area (Å²) in [6.07, 6.45) is 16.4. The molecule has 0 unspecified atom stereocenters. The minimum atomic E-state index is -0.770. The van der Waals surface area contributed by atoms with Gasteiger partial charge in [-0.1, -0.05) is 133 Å². The smallest absolute Gasteiger partial charge is 0.412 e. The zero-order valence-electron chi connectivity index (χ0n) is 51.6. The van der Waals surface area contributed by atoms with E-state index in [0.29, 0.717) is 60.9 Å². The van der Waals surface area contributed by atoms with Gasteiger partial charge in [-0.05, 0) is 65.6 Å². The number of likely N-dealkylation sites (tertiary alicyclic amines) is 2. The Labute approximate surface area is 556 Å². The van der Waals surface area contributed by atoms with E-state index < -0.39 is 28.5 Å². The zero-order chi connectivity index (χ0) is 68.2. The van der Waals surface area contributed by atoms with E-state index in [1.807, 2.05) is 162 Å². The van der Waals surface area contributed by atoms with Crippen LogP contribution < -0.4 is 33.6 Å². The van der Waals surface area contributed by atoms with Crippen LogP contribution >= 0.6 is 11.6 Å². The molecule has 12 rings (SSSR count). The van der Waals surface area contributed by atoms with Crippen molar-refractivity contribution >= 4 is 93.0 Å². The molecule has 2 aliphatic rings. The largest absolute Gasteiger partial charge is 0.449 e. The molecule has 0 aliphatic carbocycles. The van der Waals surface area contributed by atoms with Gasteiger partial charge in [-0.15, -0.1) is 0 Å². The summed E-state index contributed by atoms with van der Waals surface area (Å²) in [6.45, 7) is 1.62. The summed E-state index contributed by atoms with van der Waals surface area (Å²) in [5.41, 5.74) is 27.5. The number of nitro groups is 1. The molecule has 28 nitrogen and oxygen atoms in total. The standard InChI is InChI=1S/C39H38N6O4.C12H12N4O2.C8H7ClO2.C4H4N4O2.C4H6N4.H2/c46-35(33-13-7-19-44(33)36(47)22-27-9-3-1-4-10-27)21-29-24-40-39-42-32(26-43(39)25-29)30-15-17-31(18-16-30)41-38(49)34-14-8-20-45(34)37(48)23-28-11-5-2-6-12-28;13-11-14-6-10(7-15-11)16-12(17)18-8-9-4-2-1-3-5-9;9-8(10)11-6-7-4-2-1-3-5-7;5-4-6-1-3(2-7-4)8(9)10;5-3-1-7-4(6)8-2-3;/h1-6,9-12,15-18,24-26,33-34H,7-8,13-14,19-23H2,(H,41,49);1-7H,8H2,(H,16,17)(H2,13,14,15);1-5H,6H2;1-2H,(H2,5,6,7);1-2H,5H2,(H2,6,7,8);1H/t33-,34-;;;;;/m0...../s1. The SMILES string of the molecule is Nc1cnc(N)nc1.Nc1ncc(NC(=O)OCc2ccccc2)cn1.Nc1ncc([N+](=O)[O-])cn1.O=C(Cc1cnc2nc(-c3ccc(NC(=O)[C@@H]4CCCN4C(=O)Cc4ccccc4)cc3)cn2c1)[C@@H]1CCCN1C(=O)Cc1ccccc1.O=C(Cl)OCc1ccccc1.[HH]. The van der Waals surface area contributed by atoms with Gasteiger partial charge < -0.3 is 47.5 Å². The van der Waals surface area contributed by atoms with Gasteiger partial charge in [0.05, 0.1) is 65.7 Å². The molecule has 10 aromatic rings. The van der Waals surface area contributed by atoms with Crippen molar-refractivity contribution in [2.75, 3.05) is 46.7 Å². The third kappa shape index (κ3) is 22.2. The summed E-state index contributed by atoms with van der Waals surface area (Å²) in [4.78, 5) is 118. The van der Waals surface area contributed by atoms with Crippen LogP contribution in [0.3, 0.4) is 0 Å². The van der Waals surface area contributed by atoms with E-state index in [0.717, 1.165) is 58.6 Å². The number of nitrogens with one attached hydrogen (secondary N) is 2.